The molecule has 0 bridgehead atoms. The Morgan fingerprint density at radius 2 is 1.73 bits per heavy atom. The minimum atomic E-state index is 0.781. The molecule has 1 aromatic carbocycles. The summed E-state index contributed by atoms with van der Waals surface area (Å²) in [6.45, 7) is 4.33. The van der Waals surface area contributed by atoms with Crippen LogP contribution >= 0.6 is 0 Å². The highest BCUT2D eigenvalue weighted by Gasteiger charge is 2.21. The number of piperidine rings is 1. The van der Waals surface area contributed by atoms with Crippen LogP contribution in [0.15, 0.2) is 54.1 Å². The molecule has 3 heterocycles. The number of fused-ring (bicyclic) bond motifs is 1. The number of aromatic nitrogens is 3. The smallest absolute Gasteiger partial charge is 0.100 e. The first kappa shape index (κ1) is 19.0. The molecule has 1 aliphatic carbocycles. The maximum Gasteiger partial charge on any atom is 0.100 e. The van der Waals surface area contributed by atoms with Crippen molar-refractivity contribution in [3.05, 3.63) is 60.0 Å². The third kappa shape index (κ3) is 3.75. The van der Waals surface area contributed by atoms with Crippen LogP contribution in [0.4, 0.5) is 0 Å². The molecule has 0 atom stereocenters. The van der Waals surface area contributed by atoms with Crippen LogP contribution in [0.1, 0.15) is 36.8 Å². The molecule has 0 amide bonds. The van der Waals surface area contributed by atoms with Gasteiger partial charge in [-0.2, -0.15) is 5.10 Å². The van der Waals surface area contributed by atoms with Gasteiger partial charge in [-0.05, 0) is 62.0 Å². The number of rotatable bonds is 5. The van der Waals surface area contributed by atoms with E-state index in [-0.39, 0.29) is 0 Å². The van der Waals surface area contributed by atoms with E-state index >= 15 is 0 Å². The summed E-state index contributed by atoms with van der Waals surface area (Å²) >= 11 is 0. The third-order valence-corrected chi connectivity index (χ3v) is 6.29. The van der Waals surface area contributed by atoms with Crippen LogP contribution < -0.4 is 0 Å². The first-order valence-electron chi connectivity index (χ1n) is 10.9. The van der Waals surface area contributed by atoms with Gasteiger partial charge in [0, 0.05) is 41.8 Å². The number of aryl methyl sites for hydroxylation is 1. The van der Waals surface area contributed by atoms with E-state index in [0.717, 1.165) is 59.6 Å². The highest BCUT2D eigenvalue weighted by Crippen LogP contribution is 2.34. The molecule has 1 aliphatic heterocycles. The molecule has 3 aromatic rings. The normalized spacial score (nSPS) is 18.1. The quantitative estimate of drug-likeness (QED) is 0.513. The average Bonchev–Trinajstić information content (AvgIpc) is 3.42. The zero-order valence-electron chi connectivity index (χ0n) is 17.2. The Bertz CT molecular complexity index is 1050. The van der Waals surface area contributed by atoms with Gasteiger partial charge in [-0.3, -0.25) is 9.67 Å². The predicted octanol–water partition coefficient (Wildman–Crippen LogP) is 4.22. The molecule has 2 aromatic heterocycles. The van der Waals surface area contributed by atoms with Crippen LogP contribution in [0, 0.1) is 0 Å². The molecule has 6 nitrogen and oxygen atoms in total. The number of likely N-dealkylation sites (tertiary alicyclic amines) is 1. The minimum Gasteiger partial charge on any atom is -0.411 e. The van der Waals surface area contributed by atoms with Gasteiger partial charge in [-0.1, -0.05) is 29.8 Å². The molecule has 0 radical (unpaired) electrons. The zero-order chi connectivity index (χ0) is 20.3. The maximum absolute atomic E-state index is 9.23. The highest BCUT2D eigenvalue weighted by molar-refractivity contribution is 6.04. The van der Waals surface area contributed by atoms with Crippen molar-refractivity contribution < 1.29 is 5.21 Å². The standard InChI is InChI=1S/C24H27N5O/c30-27-23-7-5-19-16-20(4-6-21(19)23)22-17-29(15-14-28-12-2-1-3-13-28)26-24(22)18-8-10-25-11-9-18/h4,6,8-11,16-17,30H,1-3,5,7,12-15H2/b27-23+. The summed E-state index contributed by atoms with van der Waals surface area (Å²) in [6.07, 6.45) is 11.5. The summed E-state index contributed by atoms with van der Waals surface area (Å²) < 4.78 is 2.09. The fourth-order valence-electron chi connectivity index (χ4n) is 4.64. The molecule has 154 valence electrons. The van der Waals surface area contributed by atoms with Crippen LogP contribution in [0.2, 0.25) is 0 Å². The molecule has 1 N–H and O–H groups in total. The van der Waals surface area contributed by atoms with Gasteiger partial charge in [0.1, 0.15) is 5.69 Å². The highest BCUT2D eigenvalue weighted by atomic mass is 16.4. The molecule has 1 saturated heterocycles. The van der Waals surface area contributed by atoms with E-state index in [1.165, 1.54) is 37.9 Å². The molecule has 1 fully saturated rings. The van der Waals surface area contributed by atoms with Crippen LogP contribution in [0.25, 0.3) is 22.4 Å². The number of hydrogen-bond donors (Lipinski definition) is 1. The van der Waals surface area contributed by atoms with Crippen molar-refractivity contribution in [1.82, 2.24) is 19.7 Å². The van der Waals surface area contributed by atoms with E-state index in [1.807, 2.05) is 24.5 Å². The topological polar surface area (TPSA) is 66.5 Å². The fourth-order valence-corrected chi connectivity index (χ4v) is 4.64. The van der Waals surface area contributed by atoms with Gasteiger partial charge in [0.2, 0.25) is 0 Å². The molecular formula is C24H27N5O. The second-order valence-electron chi connectivity index (χ2n) is 8.21. The van der Waals surface area contributed by atoms with E-state index in [4.69, 9.17) is 5.10 Å². The van der Waals surface area contributed by atoms with E-state index in [1.54, 1.807) is 0 Å². The van der Waals surface area contributed by atoms with Crippen molar-refractivity contribution >= 4 is 5.71 Å². The van der Waals surface area contributed by atoms with Crippen molar-refractivity contribution in [2.75, 3.05) is 19.6 Å². The monoisotopic (exact) mass is 401 g/mol. The lowest BCUT2D eigenvalue weighted by Gasteiger charge is -2.26. The Labute approximate surface area is 176 Å². The van der Waals surface area contributed by atoms with Gasteiger partial charge >= 0.3 is 0 Å². The molecule has 5 rings (SSSR count). The van der Waals surface area contributed by atoms with Gasteiger partial charge in [-0.15, -0.1) is 0 Å². The van der Waals surface area contributed by atoms with Crippen LogP contribution in [-0.2, 0) is 13.0 Å². The van der Waals surface area contributed by atoms with Crippen LogP contribution in [-0.4, -0.2) is 50.2 Å². The first-order chi connectivity index (χ1) is 14.8. The Hall–Kier alpha value is -2.99. The van der Waals surface area contributed by atoms with E-state index in [0.29, 0.717) is 0 Å². The Morgan fingerprint density at radius 1 is 0.900 bits per heavy atom. The fraction of sp³-hybridized carbons (Fsp3) is 0.375. The molecule has 0 saturated carbocycles. The summed E-state index contributed by atoms with van der Waals surface area (Å²) in [5.41, 5.74) is 7.44. The van der Waals surface area contributed by atoms with Gasteiger partial charge in [0.25, 0.3) is 0 Å². The van der Waals surface area contributed by atoms with Gasteiger partial charge in [-0.25, -0.2) is 0 Å². The second-order valence-corrected chi connectivity index (χ2v) is 8.21. The first-order valence-corrected chi connectivity index (χ1v) is 10.9. The average molecular weight is 402 g/mol. The molecule has 30 heavy (non-hydrogen) atoms. The van der Waals surface area contributed by atoms with Crippen molar-refractivity contribution in [3.8, 4) is 22.4 Å². The van der Waals surface area contributed by atoms with Crippen molar-refractivity contribution in [3.63, 3.8) is 0 Å². The SMILES string of the molecule is O/N=C1\CCc2cc(-c3cn(CCN4CCCCC4)nc3-c3ccncc3)ccc21. The van der Waals surface area contributed by atoms with Gasteiger partial charge < -0.3 is 10.1 Å². The van der Waals surface area contributed by atoms with Crippen molar-refractivity contribution in [2.24, 2.45) is 5.16 Å². The lowest BCUT2D eigenvalue weighted by atomic mass is 9.98. The van der Waals surface area contributed by atoms with E-state index in [2.05, 4.69) is 44.1 Å². The molecule has 0 spiro atoms. The van der Waals surface area contributed by atoms with E-state index in [9.17, 15) is 5.21 Å². The van der Waals surface area contributed by atoms with E-state index < -0.39 is 0 Å². The minimum absolute atomic E-state index is 0.781. The third-order valence-electron chi connectivity index (χ3n) is 6.29. The summed E-state index contributed by atoms with van der Waals surface area (Å²) in [4.78, 5) is 6.71. The lowest BCUT2D eigenvalue weighted by molar-refractivity contribution is 0.218. The number of pyridine rings is 1. The Kier molecular flexibility index (Phi) is 5.32. The number of benzene rings is 1. The summed E-state index contributed by atoms with van der Waals surface area (Å²) in [5, 5.41) is 17.6. The summed E-state index contributed by atoms with van der Waals surface area (Å²) in [6, 6.07) is 10.5. The molecule has 6 heteroatoms. The predicted molar refractivity (Wildman–Crippen MR) is 118 cm³/mol. The lowest BCUT2D eigenvalue weighted by Crippen LogP contribution is -2.32. The maximum atomic E-state index is 9.23. The largest absolute Gasteiger partial charge is 0.411 e. The van der Waals surface area contributed by atoms with Crippen molar-refractivity contribution in [1.29, 1.82) is 0 Å². The van der Waals surface area contributed by atoms with Crippen LogP contribution in [0.5, 0.6) is 0 Å². The van der Waals surface area contributed by atoms with Gasteiger partial charge in [0.05, 0.1) is 12.3 Å². The zero-order valence-corrected chi connectivity index (χ0v) is 17.2. The molecule has 2 aliphatic rings. The number of oxime groups is 1. The Morgan fingerprint density at radius 3 is 2.53 bits per heavy atom. The summed E-state index contributed by atoms with van der Waals surface area (Å²) in [5.74, 6) is 0. The molecular weight excluding hydrogens is 374 g/mol. The summed E-state index contributed by atoms with van der Waals surface area (Å²) in [7, 11) is 0. The van der Waals surface area contributed by atoms with Crippen LogP contribution in [0.3, 0.4) is 0 Å². The Balaban J connectivity index is 1.48. The van der Waals surface area contributed by atoms with Crippen molar-refractivity contribution in [2.45, 2.75) is 38.6 Å². The molecule has 0 unspecified atom stereocenters. The van der Waals surface area contributed by atoms with Gasteiger partial charge in [0.15, 0.2) is 0 Å². The second kappa shape index (κ2) is 8.40. The number of hydrogen-bond acceptors (Lipinski definition) is 5. The number of nitrogens with zero attached hydrogens (tertiary/aromatic N) is 5.